The molecular weight excluding hydrogens is 170 g/mol. The van der Waals surface area contributed by atoms with Gasteiger partial charge in [0.25, 0.3) is 0 Å². The highest BCUT2D eigenvalue weighted by Crippen LogP contribution is 2.30. The summed E-state index contributed by atoms with van der Waals surface area (Å²) in [4.78, 5) is 0. The van der Waals surface area contributed by atoms with Gasteiger partial charge in [-0.1, -0.05) is 37.9 Å². The molecule has 0 amide bonds. The largest absolute Gasteiger partial charge is 0.312 e. The second-order valence-electron chi connectivity index (χ2n) is 3.82. The van der Waals surface area contributed by atoms with Crippen LogP contribution in [0.25, 0.3) is 0 Å². The number of nitrogens with one attached hydrogen (secondary N) is 1. The molecule has 0 radical (unpaired) electrons. The van der Waals surface area contributed by atoms with Crippen LogP contribution in [-0.2, 0) is 0 Å². The van der Waals surface area contributed by atoms with Crippen LogP contribution in [0.5, 0.6) is 0 Å². The smallest absolute Gasteiger partial charge is 0.0307 e. The topological polar surface area (TPSA) is 12.0 Å². The molecule has 1 fully saturated rings. The number of rotatable bonds is 4. The van der Waals surface area contributed by atoms with E-state index in [-0.39, 0.29) is 0 Å². The van der Waals surface area contributed by atoms with E-state index < -0.39 is 0 Å². The average Bonchev–Trinajstić information content (AvgIpc) is 2.36. The Labute approximate surface area is 80.2 Å². The Hall–Kier alpha value is -0.0100. The number of hydrogen-bond donors (Lipinski definition) is 1. The zero-order valence-electron chi connectivity index (χ0n) is 7.78. The van der Waals surface area contributed by atoms with Crippen LogP contribution in [-0.4, -0.2) is 13.1 Å². The third-order valence-corrected chi connectivity index (χ3v) is 2.90. The van der Waals surface area contributed by atoms with Gasteiger partial charge in [-0.3, -0.25) is 0 Å². The van der Waals surface area contributed by atoms with E-state index in [9.17, 15) is 0 Å². The van der Waals surface area contributed by atoms with Crippen LogP contribution in [0.2, 0.25) is 0 Å². The van der Waals surface area contributed by atoms with E-state index in [1.54, 1.807) is 0 Å². The highest BCUT2D eigenvalue weighted by atomic mass is 35.5. The highest BCUT2D eigenvalue weighted by Gasteiger charge is 2.22. The molecule has 1 aliphatic rings. The Morgan fingerprint density at radius 3 is 2.83 bits per heavy atom. The molecule has 2 atom stereocenters. The summed E-state index contributed by atoms with van der Waals surface area (Å²) in [7, 11) is 0. The van der Waals surface area contributed by atoms with E-state index in [0.29, 0.717) is 5.03 Å². The first kappa shape index (κ1) is 10.1. The molecule has 0 aromatic rings. The molecule has 0 aromatic carbocycles. The fraction of sp³-hybridized carbons (Fsp3) is 0.800. The van der Waals surface area contributed by atoms with Gasteiger partial charge in [0, 0.05) is 11.6 Å². The molecular formula is C10H18ClN. The lowest BCUT2D eigenvalue weighted by Crippen LogP contribution is -2.25. The number of halogens is 1. The Balaban J connectivity index is 2.10. The van der Waals surface area contributed by atoms with Crippen LogP contribution in [0.4, 0.5) is 0 Å². The predicted octanol–water partition coefficient (Wildman–Crippen LogP) is 2.76. The minimum atomic E-state index is 0.709. The van der Waals surface area contributed by atoms with Crippen molar-refractivity contribution in [1.82, 2.24) is 5.32 Å². The van der Waals surface area contributed by atoms with Gasteiger partial charge in [-0.25, -0.2) is 0 Å². The molecule has 0 aliphatic heterocycles. The first-order valence-corrected chi connectivity index (χ1v) is 5.12. The van der Waals surface area contributed by atoms with E-state index in [4.69, 9.17) is 11.6 Å². The molecule has 2 heteroatoms. The van der Waals surface area contributed by atoms with Crippen molar-refractivity contribution in [2.24, 2.45) is 11.8 Å². The Morgan fingerprint density at radius 1 is 1.58 bits per heavy atom. The van der Waals surface area contributed by atoms with Crippen molar-refractivity contribution in [3.8, 4) is 0 Å². The molecule has 12 heavy (non-hydrogen) atoms. The first-order chi connectivity index (χ1) is 5.70. The molecule has 0 spiro atoms. The Bertz CT molecular complexity index is 156. The second-order valence-corrected chi connectivity index (χ2v) is 4.35. The lowest BCUT2D eigenvalue weighted by Gasteiger charge is -2.15. The van der Waals surface area contributed by atoms with E-state index in [1.165, 1.54) is 19.3 Å². The molecule has 1 aliphatic carbocycles. The van der Waals surface area contributed by atoms with Crippen molar-refractivity contribution in [3.63, 3.8) is 0 Å². The Morgan fingerprint density at radius 2 is 2.33 bits per heavy atom. The van der Waals surface area contributed by atoms with Crippen LogP contribution in [0.1, 0.15) is 26.2 Å². The zero-order valence-corrected chi connectivity index (χ0v) is 8.53. The summed E-state index contributed by atoms with van der Waals surface area (Å²) in [5.74, 6) is 1.75. The molecule has 1 N–H and O–H groups in total. The van der Waals surface area contributed by atoms with Crippen molar-refractivity contribution >= 4 is 11.6 Å². The molecule has 1 nitrogen and oxygen atoms in total. The molecule has 0 heterocycles. The van der Waals surface area contributed by atoms with E-state index in [1.807, 2.05) is 0 Å². The lowest BCUT2D eigenvalue weighted by molar-refractivity contribution is 0.399. The van der Waals surface area contributed by atoms with Crippen LogP contribution >= 0.6 is 11.6 Å². The predicted molar refractivity (Wildman–Crippen MR) is 54.4 cm³/mol. The van der Waals surface area contributed by atoms with Gasteiger partial charge in [0.05, 0.1) is 0 Å². The van der Waals surface area contributed by atoms with Crippen molar-refractivity contribution < 1.29 is 0 Å². The van der Waals surface area contributed by atoms with Crippen molar-refractivity contribution in [2.45, 2.75) is 26.2 Å². The quantitative estimate of drug-likeness (QED) is 0.714. The third-order valence-electron chi connectivity index (χ3n) is 2.76. The zero-order chi connectivity index (χ0) is 8.97. The first-order valence-electron chi connectivity index (χ1n) is 4.74. The second kappa shape index (κ2) is 4.88. The van der Waals surface area contributed by atoms with Crippen LogP contribution in [0, 0.1) is 11.8 Å². The maximum Gasteiger partial charge on any atom is 0.0307 e. The van der Waals surface area contributed by atoms with Gasteiger partial charge >= 0.3 is 0 Å². The fourth-order valence-corrected chi connectivity index (χ4v) is 2.01. The van der Waals surface area contributed by atoms with Crippen LogP contribution < -0.4 is 5.32 Å². The van der Waals surface area contributed by atoms with Gasteiger partial charge in [0.2, 0.25) is 0 Å². The molecule has 0 bridgehead atoms. The molecule has 0 aromatic heterocycles. The summed E-state index contributed by atoms with van der Waals surface area (Å²) in [6, 6.07) is 0. The SMILES string of the molecule is C=C(Cl)CNCC1CCCC1C. The maximum absolute atomic E-state index is 5.64. The standard InChI is InChI=1S/C10H18ClN/c1-8-4-3-5-10(8)7-12-6-9(2)11/h8,10,12H,2-7H2,1H3. The summed E-state index contributed by atoms with van der Waals surface area (Å²) in [6.07, 6.45) is 4.17. The number of hydrogen-bond acceptors (Lipinski definition) is 1. The highest BCUT2D eigenvalue weighted by molar-refractivity contribution is 6.29. The van der Waals surface area contributed by atoms with E-state index in [2.05, 4.69) is 18.8 Å². The van der Waals surface area contributed by atoms with Gasteiger partial charge in [-0.2, -0.15) is 0 Å². The van der Waals surface area contributed by atoms with Gasteiger partial charge in [-0.05, 0) is 24.8 Å². The molecule has 2 unspecified atom stereocenters. The average molecular weight is 188 g/mol. The summed E-state index contributed by atoms with van der Waals surface area (Å²) in [5.41, 5.74) is 0. The van der Waals surface area contributed by atoms with Crippen molar-refractivity contribution in [1.29, 1.82) is 0 Å². The maximum atomic E-state index is 5.64. The normalized spacial score (nSPS) is 29.2. The van der Waals surface area contributed by atoms with Crippen LogP contribution in [0.3, 0.4) is 0 Å². The van der Waals surface area contributed by atoms with E-state index in [0.717, 1.165) is 24.9 Å². The molecule has 0 saturated heterocycles. The minimum absolute atomic E-state index is 0.709. The van der Waals surface area contributed by atoms with E-state index >= 15 is 0 Å². The molecule has 1 saturated carbocycles. The minimum Gasteiger partial charge on any atom is -0.312 e. The summed E-state index contributed by atoms with van der Waals surface area (Å²) in [5, 5.41) is 4.03. The fourth-order valence-electron chi connectivity index (χ4n) is 1.92. The van der Waals surface area contributed by atoms with Gasteiger partial charge in [0.1, 0.15) is 0 Å². The lowest BCUT2D eigenvalue weighted by atomic mass is 9.98. The summed E-state index contributed by atoms with van der Waals surface area (Å²) in [6.45, 7) is 7.84. The summed E-state index contributed by atoms with van der Waals surface area (Å²) < 4.78 is 0. The van der Waals surface area contributed by atoms with Crippen LogP contribution in [0.15, 0.2) is 11.6 Å². The van der Waals surface area contributed by atoms with Gasteiger partial charge < -0.3 is 5.32 Å². The van der Waals surface area contributed by atoms with Gasteiger partial charge in [-0.15, -0.1) is 0 Å². The monoisotopic (exact) mass is 187 g/mol. The van der Waals surface area contributed by atoms with Crippen molar-refractivity contribution in [2.75, 3.05) is 13.1 Å². The Kier molecular flexibility index (Phi) is 4.10. The van der Waals surface area contributed by atoms with Gasteiger partial charge in [0.15, 0.2) is 0 Å². The molecule has 70 valence electrons. The third kappa shape index (κ3) is 3.16. The van der Waals surface area contributed by atoms with Crippen molar-refractivity contribution in [3.05, 3.63) is 11.6 Å². The molecule has 1 rings (SSSR count). The summed E-state index contributed by atoms with van der Waals surface area (Å²) >= 11 is 5.64.